The molecule has 6 heteroatoms. The van der Waals surface area contributed by atoms with Gasteiger partial charge >= 0.3 is 11.9 Å². The molecule has 0 amide bonds. The largest absolute Gasteiger partial charge is 0.463 e. The van der Waals surface area contributed by atoms with Crippen LogP contribution < -0.4 is 0 Å². The Labute approximate surface area is 228 Å². The normalized spacial score (nSPS) is 12.0. The van der Waals surface area contributed by atoms with E-state index in [2.05, 4.69) is 13.8 Å². The van der Waals surface area contributed by atoms with Gasteiger partial charge in [-0.25, -0.2) is 0 Å². The number of rotatable bonds is 29. The average Bonchev–Trinajstić information content (AvgIpc) is 2.89. The second-order valence-electron chi connectivity index (χ2n) is 10.5. The maximum absolute atomic E-state index is 12.0. The summed E-state index contributed by atoms with van der Waals surface area (Å²) in [5.74, 6) is -0.477. The Morgan fingerprint density at radius 1 is 0.568 bits per heavy atom. The number of hydrogen-bond acceptors (Lipinski definition) is 6. The standard InChI is InChI=1S/C31H60O6/c1-3-5-7-9-11-13-14-16-17-19-21-23-30(33)36-26-25-35-28-29(27-32)37-31(34)24-22-20-18-15-12-10-8-6-4-2/h29,32H,3-28H2,1-2H3. The second kappa shape index (κ2) is 29.4. The number of carbonyl (C=O) groups excluding carboxylic acids is 2. The molecule has 1 N–H and O–H groups in total. The van der Waals surface area contributed by atoms with Crippen molar-refractivity contribution in [2.45, 2.75) is 161 Å². The highest BCUT2D eigenvalue weighted by Crippen LogP contribution is 2.13. The molecule has 0 radical (unpaired) electrons. The van der Waals surface area contributed by atoms with Gasteiger partial charge in [0.25, 0.3) is 0 Å². The smallest absolute Gasteiger partial charge is 0.306 e. The topological polar surface area (TPSA) is 82.1 Å². The average molecular weight is 529 g/mol. The minimum atomic E-state index is -0.668. The Bertz CT molecular complexity index is 496. The van der Waals surface area contributed by atoms with Crippen LogP contribution in [0.5, 0.6) is 0 Å². The van der Waals surface area contributed by atoms with E-state index in [-0.39, 0.29) is 38.4 Å². The highest BCUT2D eigenvalue weighted by molar-refractivity contribution is 5.69. The van der Waals surface area contributed by atoms with E-state index in [1.807, 2.05) is 0 Å². The van der Waals surface area contributed by atoms with Crippen LogP contribution in [0.25, 0.3) is 0 Å². The summed E-state index contributed by atoms with van der Waals surface area (Å²) in [6.45, 7) is 4.72. The van der Waals surface area contributed by atoms with Crippen molar-refractivity contribution in [1.82, 2.24) is 0 Å². The lowest BCUT2D eigenvalue weighted by Gasteiger charge is -2.16. The lowest BCUT2D eigenvalue weighted by Crippen LogP contribution is -2.28. The van der Waals surface area contributed by atoms with E-state index in [9.17, 15) is 14.7 Å². The summed E-state index contributed by atoms with van der Waals surface area (Å²) in [5.41, 5.74) is 0. The number of esters is 2. The number of aliphatic hydroxyl groups excluding tert-OH is 1. The van der Waals surface area contributed by atoms with Gasteiger partial charge in [-0.2, -0.15) is 0 Å². The van der Waals surface area contributed by atoms with E-state index in [4.69, 9.17) is 14.2 Å². The summed E-state index contributed by atoms with van der Waals surface area (Å²) in [6.07, 6.45) is 24.7. The van der Waals surface area contributed by atoms with Crippen molar-refractivity contribution in [1.29, 1.82) is 0 Å². The van der Waals surface area contributed by atoms with E-state index >= 15 is 0 Å². The van der Waals surface area contributed by atoms with Gasteiger partial charge < -0.3 is 19.3 Å². The summed E-state index contributed by atoms with van der Waals surface area (Å²) in [4.78, 5) is 23.8. The molecule has 0 spiro atoms. The van der Waals surface area contributed by atoms with Crippen LogP contribution in [-0.2, 0) is 23.8 Å². The van der Waals surface area contributed by atoms with Crippen molar-refractivity contribution in [2.75, 3.05) is 26.4 Å². The Morgan fingerprint density at radius 2 is 0.973 bits per heavy atom. The van der Waals surface area contributed by atoms with E-state index in [0.29, 0.717) is 12.8 Å². The molecule has 0 fully saturated rings. The maximum atomic E-state index is 12.0. The summed E-state index contributed by atoms with van der Waals surface area (Å²) in [5, 5.41) is 9.44. The third kappa shape index (κ3) is 27.7. The lowest BCUT2D eigenvalue weighted by molar-refractivity contribution is -0.155. The van der Waals surface area contributed by atoms with Gasteiger partial charge in [-0.05, 0) is 12.8 Å². The zero-order chi connectivity index (χ0) is 27.2. The number of carbonyl (C=O) groups is 2. The molecule has 0 aliphatic carbocycles. The third-order valence-corrected chi connectivity index (χ3v) is 6.77. The van der Waals surface area contributed by atoms with Crippen molar-refractivity contribution in [3.63, 3.8) is 0 Å². The molecular formula is C31H60O6. The highest BCUT2D eigenvalue weighted by Gasteiger charge is 2.14. The van der Waals surface area contributed by atoms with Crippen molar-refractivity contribution in [2.24, 2.45) is 0 Å². The Morgan fingerprint density at radius 3 is 1.41 bits per heavy atom. The Balaban J connectivity index is 3.52. The fraction of sp³-hybridized carbons (Fsp3) is 0.935. The molecule has 0 saturated carbocycles. The molecule has 1 unspecified atom stereocenters. The molecule has 220 valence electrons. The van der Waals surface area contributed by atoms with Crippen LogP contribution in [0.4, 0.5) is 0 Å². The monoisotopic (exact) mass is 528 g/mol. The molecule has 1 atom stereocenters. The van der Waals surface area contributed by atoms with Gasteiger partial charge in [-0.1, -0.05) is 129 Å². The fourth-order valence-electron chi connectivity index (χ4n) is 4.38. The van der Waals surface area contributed by atoms with Crippen LogP contribution in [0.15, 0.2) is 0 Å². The second-order valence-corrected chi connectivity index (χ2v) is 10.5. The van der Waals surface area contributed by atoms with Crippen LogP contribution in [0.3, 0.4) is 0 Å². The van der Waals surface area contributed by atoms with Crippen LogP contribution >= 0.6 is 0 Å². The van der Waals surface area contributed by atoms with Crippen LogP contribution in [0.1, 0.15) is 155 Å². The number of hydrogen-bond donors (Lipinski definition) is 1. The highest BCUT2D eigenvalue weighted by atomic mass is 16.6. The fourth-order valence-corrected chi connectivity index (χ4v) is 4.38. The SMILES string of the molecule is CCCCCCCCCCCCCC(=O)OCCOCC(CO)OC(=O)CCCCCCCCCCC. The predicted molar refractivity (Wildman–Crippen MR) is 152 cm³/mol. The first-order chi connectivity index (χ1) is 18.1. The van der Waals surface area contributed by atoms with Crippen LogP contribution in [0, 0.1) is 0 Å². The lowest BCUT2D eigenvalue weighted by atomic mass is 10.1. The summed E-state index contributed by atoms with van der Waals surface area (Å²) in [6, 6.07) is 0. The first-order valence-electron chi connectivity index (χ1n) is 15.7. The minimum Gasteiger partial charge on any atom is -0.463 e. The van der Waals surface area contributed by atoms with E-state index in [0.717, 1.165) is 32.1 Å². The Hall–Kier alpha value is -1.14. The van der Waals surface area contributed by atoms with Crippen molar-refractivity contribution >= 4 is 11.9 Å². The van der Waals surface area contributed by atoms with Gasteiger partial charge in [-0.3, -0.25) is 9.59 Å². The van der Waals surface area contributed by atoms with Crippen molar-refractivity contribution in [3.8, 4) is 0 Å². The third-order valence-electron chi connectivity index (χ3n) is 6.77. The molecule has 6 nitrogen and oxygen atoms in total. The first kappa shape index (κ1) is 35.9. The van der Waals surface area contributed by atoms with Crippen LogP contribution in [0.2, 0.25) is 0 Å². The van der Waals surface area contributed by atoms with Gasteiger partial charge in [0.05, 0.1) is 19.8 Å². The first-order valence-corrected chi connectivity index (χ1v) is 15.7. The van der Waals surface area contributed by atoms with Gasteiger partial charge in [0.15, 0.2) is 0 Å². The Kier molecular flexibility index (Phi) is 28.5. The quantitative estimate of drug-likeness (QED) is 0.0780. The van der Waals surface area contributed by atoms with Crippen LogP contribution in [-0.4, -0.2) is 49.6 Å². The molecule has 0 aromatic rings. The molecule has 0 saturated heterocycles. The predicted octanol–water partition coefficient (Wildman–Crippen LogP) is 8.07. The zero-order valence-electron chi connectivity index (χ0n) is 24.5. The summed E-state index contributed by atoms with van der Waals surface area (Å²) >= 11 is 0. The number of aliphatic hydroxyl groups is 1. The van der Waals surface area contributed by atoms with E-state index in [1.54, 1.807) is 0 Å². The van der Waals surface area contributed by atoms with Crippen molar-refractivity contribution < 1.29 is 28.9 Å². The van der Waals surface area contributed by atoms with E-state index < -0.39 is 6.10 Å². The van der Waals surface area contributed by atoms with Gasteiger partial charge in [0.2, 0.25) is 0 Å². The van der Waals surface area contributed by atoms with Crippen molar-refractivity contribution in [3.05, 3.63) is 0 Å². The molecule has 0 rings (SSSR count). The number of ether oxygens (including phenoxy) is 3. The molecule has 0 aromatic carbocycles. The minimum absolute atomic E-state index is 0.107. The molecule has 0 aromatic heterocycles. The summed E-state index contributed by atoms with van der Waals surface area (Å²) < 4.78 is 15.9. The molecule has 37 heavy (non-hydrogen) atoms. The summed E-state index contributed by atoms with van der Waals surface area (Å²) in [7, 11) is 0. The molecular weight excluding hydrogens is 468 g/mol. The molecule has 0 aliphatic heterocycles. The molecule has 0 heterocycles. The van der Waals surface area contributed by atoms with Gasteiger partial charge in [-0.15, -0.1) is 0 Å². The number of unbranched alkanes of at least 4 members (excludes halogenated alkanes) is 18. The zero-order valence-corrected chi connectivity index (χ0v) is 24.5. The molecule has 0 bridgehead atoms. The van der Waals surface area contributed by atoms with Gasteiger partial charge in [0.1, 0.15) is 12.7 Å². The maximum Gasteiger partial charge on any atom is 0.306 e. The molecule has 0 aliphatic rings. The van der Waals surface area contributed by atoms with Gasteiger partial charge in [0, 0.05) is 12.8 Å². The van der Waals surface area contributed by atoms with E-state index in [1.165, 1.54) is 96.3 Å².